The number of rotatable bonds is 6. The van der Waals surface area contributed by atoms with Crippen LogP contribution < -0.4 is 0 Å². The average molecular weight is 247 g/mol. The van der Waals surface area contributed by atoms with Crippen LogP contribution in [0.15, 0.2) is 35.3 Å². The molecule has 0 aromatic heterocycles. The fraction of sp³-hybridized carbons (Fsp3) is 0.467. The van der Waals surface area contributed by atoms with Crippen molar-refractivity contribution in [3.8, 4) is 0 Å². The zero-order valence-electron chi connectivity index (χ0n) is 11.2. The molecule has 0 aliphatic carbocycles. The molecule has 0 unspecified atom stereocenters. The number of nitrogens with zero attached hydrogens (tertiary/aromatic N) is 1. The Morgan fingerprint density at radius 3 is 2.50 bits per heavy atom. The molecule has 3 heteroatoms. The normalized spacial score (nSPS) is 11.3. The summed E-state index contributed by atoms with van der Waals surface area (Å²) in [6.45, 7) is 4.04. The second-order valence-electron chi connectivity index (χ2n) is 4.13. The first kappa shape index (κ1) is 14.4. The number of unbranched alkanes of at least 4 members (excludes halogenated alkanes) is 2. The van der Waals surface area contributed by atoms with Crippen LogP contribution in [-0.2, 0) is 9.53 Å². The molecule has 18 heavy (non-hydrogen) atoms. The molecule has 0 heterocycles. The van der Waals surface area contributed by atoms with Crippen LogP contribution in [0.4, 0.5) is 5.69 Å². The fourth-order valence-electron chi connectivity index (χ4n) is 1.52. The van der Waals surface area contributed by atoms with E-state index in [0.717, 1.165) is 24.9 Å². The summed E-state index contributed by atoms with van der Waals surface area (Å²) >= 11 is 0. The van der Waals surface area contributed by atoms with Gasteiger partial charge >= 0.3 is 5.97 Å². The van der Waals surface area contributed by atoms with Gasteiger partial charge in [0.15, 0.2) is 5.90 Å². The zero-order chi connectivity index (χ0) is 13.2. The van der Waals surface area contributed by atoms with Gasteiger partial charge in [-0.3, -0.25) is 4.79 Å². The van der Waals surface area contributed by atoms with Crippen LogP contribution in [0.5, 0.6) is 0 Å². The van der Waals surface area contributed by atoms with Gasteiger partial charge in [-0.2, -0.15) is 0 Å². The van der Waals surface area contributed by atoms with E-state index in [4.69, 9.17) is 4.74 Å². The van der Waals surface area contributed by atoms with Gasteiger partial charge < -0.3 is 4.74 Å². The lowest BCUT2D eigenvalue weighted by Crippen LogP contribution is -2.11. The van der Waals surface area contributed by atoms with Crippen molar-refractivity contribution < 1.29 is 9.53 Å². The molecular formula is C15H21NO2. The average Bonchev–Trinajstić information content (AvgIpc) is 2.39. The Labute approximate surface area is 109 Å². The summed E-state index contributed by atoms with van der Waals surface area (Å²) in [7, 11) is 0. The minimum Gasteiger partial charge on any atom is -0.412 e. The molecule has 0 fully saturated rings. The van der Waals surface area contributed by atoms with Gasteiger partial charge in [0, 0.05) is 12.8 Å². The lowest BCUT2D eigenvalue weighted by atomic mass is 10.2. The van der Waals surface area contributed by atoms with E-state index in [1.165, 1.54) is 0 Å². The highest BCUT2D eigenvalue weighted by atomic mass is 16.5. The summed E-state index contributed by atoms with van der Waals surface area (Å²) in [5.41, 5.74) is 0.815. The quantitative estimate of drug-likeness (QED) is 0.326. The summed E-state index contributed by atoms with van der Waals surface area (Å²) in [4.78, 5) is 15.9. The summed E-state index contributed by atoms with van der Waals surface area (Å²) in [6, 6.07) is 9.53. The van der Waals surface area contributed by atoms with Crippen molar-refractivity contribution >= 4 is 17.6 Å². The topological polar surface area (TPSA) is 38.7 Å². The van der Waals surface area contributed by atoms with E-state index in [0.29, 0.717) is 18.7 Å². The van der Waals surface area contributed by atoms with E-state index in [-0.39, 0.29) is 5.97 Å². The Morgan fingerprint density at radius 1 is 1.17 bits per heavy atom. The first-order chi connectivity index (χ1) is 8.76. The zero-order valence-corrected chi connectivity index (χ0v) is 11.2. The van der Waals surface area contributed by atoms with E-state index in [2.05, 4.69) is 11.9 Å². The Bertz CT molecular complexity index is 385. The van der Waals surface area contributed by atoms with Gasteiger partial charge in [0.2, 0.25) is 0 Å². The van der Waals surface area contributed by atoms with Crippen molar-refractivity contribution in [2.45, 2.75) is 46.0 Å². The molecule has 98 valence electrons. The van der Waals surface area contributed by atoms with E-state index >= 15 is 0 Å². The van der Waals surface area contributed by atoms with E-state index in [1.54, 1.807) is 0 Å². The monoisotopic (exact) mass is 247 g/mol. The van der Waals surface area contributed by atoms with E-state index in [9.17, 15) is 4.79 Å². The molecule has 0 saturated carbocycles. The van der Waals surface area contributed by atoms with Crippen LogP contribution in [0.25, 0.3) is 0 Å². The molecule has 1 aromatic rings. The molecule has 0 aliphatic heterocycles. The highest BCUT2D eigenvalue weighted by Gasteiger charge is 2.06. The third-order valence-electron chi connectivity index (χ3n) is 2.53. The number of esters is 1. The molecule has 1 aromatic carbocycles. The molecular weight excluding hydrogens is 226 g/mol. The molecule has 0 N–H and O–H groups in total. The lowest BCUT2D eigenvalue weighted by Gasteiger charge is -2.05. The predicted octanol–water partition coefficient (Wildman–Crippen LogP) is 4.25. The van der Waals surface area contributed by atoms with E-state index < -0.39 is 0 Å². The van der Waals surface area contributed by atoms with Crippen LogP contribution in [0.3, 0.4) is 0 Å². The molecule has 1 rings (SSSR count). The van der Waals surface area contributed by atoms with Crippen LogP contribution in [0.1, 0.15) is 46.0 Å². The Kier molecular flexibility index (Phi) is 6.77. The first-order valence-corrected chi connectivity index (χ1v) is 6.59. The van der Waals surface area contributed by atoms with Crippen molar-refractivity contribution in [2.24, 2.45) is 4.99 Å². The summed E-state index contributed by atoms with van der Waals surface area (Å²) < 4.78 is 5.26. The number of aliphatic imine (C=N–C) groups is 1. The number of ether oxygens (including phenoxy) is 1. The van der Waals surface area contributed by atoms with Crippen molar-refractivity contribution in [3.63, 3.8) is 0 Å². The third-order valence-corrected chi connectivity index (χ3v) is 2.53. The summed E-state index contributed by atoms with van der Waals surface area (Å²) in [6.07, 6.45) is 4.14. The number of carbonyl (C=O) groups excluding carboxylic acids is 1. The number of benzene rings is 1. The Morgan fingerprint density at radius 2 is 1.89 bits per heavy atom. The van der Waals surface area contributed by atoms with Crippen molar-refractivity contribution in [1.82, 2.24) is 0 Å². The maximum absolute atomic E-state index is 11.6. The van der Waals surface area contributed by atoms with Crippen molar-refractivity contribution in [1.29, 1.82) is 0 Å². The van der Waals surface area contributed by atoms with Gasteiger partial charge in [-0.1, -0.05) is 44.9 Å². The molecule has 0 saturated heterocycles. The summed E-state index contributed by atoms with van der Waals surface area (Å²) in [5, 5.41) is 0. The van der Waals surface area contributed by atoms with Crippen LogP contribution in [0.2, 0.25) is 0 Å². The largest absolute Gasteiger partial charge is 0.412 e. The van der Waals surface area contributed by atoms with Gasteiger partial charge in [0.05, 0.1) is 5.69 Å². The molecule has 0 spiro atoms. The smallest absolute Gasteiger partial charge is 0.312 e. The molecule has 0 radical (unpaired) electrons. The fourth-order valence-corrected chi connectivity index (χ4v) is 1.52. The highest BCUT2D eigenvalue weighted by Crippen LogP contribution is 2.12. The molecule has 0 atom stereocenters. The predicted molar refractivity (Wildman–Crippen MR) is 74.1 cm³/mol. The number of hydrogen-bond donors (Lipinski definition) is 0. The Hall–Kier alpha value is -1.64. The van der Waals surface area contributed by atoms with Gasteiger partial charge in [0.25, 0.3) is 0 Å². The minimum absolute atomic E-state index is 0.181. The highest BCUT2D eigenvalue weighted by molar-refractivity contribution is 5.90. The van der Waals surface area contributed by atoms with E-state index in [1.807, 2.05) is 37.3 Å². The minimum atomic E-state index is -0.181. The molecule has 3 nitrogen and oxygen atoms in total. The SMILES string of the molecule is CCCCCC(=O)OC(CC)=Nc1ccccc1. The van der Waals surface area contributed by atoms with Crippen LogP contribution in [-0.4, -0.2) is 11.9 Å². The van der Waals surface area contributed by atoms with Gasteiger partial charge in [-0.15, -0.1) is 0 Å². The molecule has 0 aliphatic rings. The van der Waals surface area contributed by atoms with Gasteiger partial charge in [0.1, 0.15) is 0 Å². The Balaban J connectivity index is 2.51. The van der Waals surface area contributed by atoms with Crippen LogP contribution >= 0.6 is 0 Å². The molecule has 0 amide bonds. The standard InChI is InChI=1S/C15H21NO2/c1-3-5-7-12-15(17)18-14(4-2)16-13-10-8-6-9-11-13/h6,8-11H,3-5,7,12H2,1-2H3. The number of para-hydroxylation sites is 1. The maximum atomic E-state index is 11.6. The first-order valence-electron chi connectivity index (χ1n) is 6.59. The number of hydrogen-bond acceptors (Lipinski definition) is 3. The van der Waals surface area contributed by atoms with Gasteiger partial charge in [-0.05, 0) is 18.6 Å². The number of carbonyl (C=O) groups is 1. The molecule has 0 bridgehead atoms. The van der Waals surface area contributed by atoms with Crippen molar-refractivity contribution in [2.75, 3.05) is 0 Å². The summed E-state index contributed by atoms with van der Waals surface area (Å²) in [5.74, 6) is 0.308. The second-order valence-corrected chi connectivity index (χ2v) is 4.13. The van der Waals surface area contributed by atoms with Gasteiger partial charge in [-0.25, -0.2) is 4.99 Å². The second kappa shape index (κ2) is 8.45. The lowest BCUT2D eigenvalue weighted by molar-refractivity contribution is -0.135. The maximum Gasteiger partial charge on any atom is 0.312 e. The van der Waals surface area contributed by atoms with Crippen molar-refractivity contribution in [3.05, 3.63) is 30.3 Å². The van der Waals surface area contributed by atoms with Crippen LogP contribution in [0, 0.1) is 0 Å². The third kappa shape index (κ3) is 5.62.